The van der Waals surface area contributed by atoms with Crippen LogP contribution in [-0.4, -0.2) is 17.2 Å². The van der Waals surface area contributed by atoms with Gasteiger partial charge in [-0.25, -0.2) is 5.43 Å². The van der Waals surface area contributed by atoms with E-state index in [1.165, 1.54) is 6.21 Å². The van der Waals surface area contributed by atoms with Gasteiger partial charge < -0.3 is 5.11 Å². The maximum Gasteiger partial charge on any atom is 0.272 e. The number of aromatic hydroxyl groups is 1. The fourth-order valence-corrected chi connectivity index (χ4v) is 2.76. The molecule has 0 aliphatic rings. The number of phenols is 1. The highest BCUT2D eigenvalue weighted by Crippen LogP contribution is 2.25. The molecule has 0 saturated carbocycles. The summed E-state index contributed by atoms with van der Waals surface area (Å²) in [4.78, 5) is 12.1. The molecule has 24 heavy (non-hydrogen) atoms. The lowest BCUT2D eigenvalue weighted by Gasteiger charge is -2.06. The average Bonchev–Trinajstić information content (AvgIpc) is 2.56. The molecule has 3 aromatic rings. The first kappa shape index (κ1) is 16.0. The van der Waals surface area contributed by atoms with Crippen molar-refractivity contribution in [3.63, 3.8) is 0 Å². The molecule has 0 fully saturated rings. The molecule has 5 heteroatoms. The van der Waals surface area contributed by atoms with Crippen molar-refractivity contribution in [3.8, 4) is 5.75 Å². The molecule has 0 aromatic heterocycles. The Morgan fingerprint density at radius 1 is 1.17 bits per heavy atom. The first-order valence-electron chi connectivity index (χ1n) is 7.36. The maximum absolute atomic E-state index is 12.1. The summed E-state index contributed by atoms with van der Waals surface area (Å²) in [6, 6.07) is 16.2. The number of hydrogen-bond donors (Lipinski definition) is 2. The van der Waals surface area contributed by atoms with Gasteiger partial charge in [0.15, 0.2) is 0 Å². The molecule has 0 bridgehead atoms. The van der Waals surface area contributed by atoms with Crippen molar-refractivity contribution in [2.75, 3.05) is 0 Å². The van der Waals surface area contributed by atoms with Gasteiger partial charge in [0.25, 0.3) is 5.91 Å². The van der Waals surface area contributed by atoms with E-state index in [0.29, 0.717) is 16.1 Å². The van der Waals surface area contributed by atoms with Crippen molar-refractivity contribution in [1.82, 2.24) is 5.43 Å². The van der Waals surface area contributed by atoms with Gasteiger partial charge in [-0.2, -0.15) is 5.10 Å². The lowest BCUT2D eigenvalue weighted by Crippen LogP contribution is -2.18. The Morgan fingerprint density at radius 3 is 2.75 bits per heavy atom. The molecule has 0 radical (unpaired) electrons. The predicted octanol–water partition coefficient (Wildman–Crippen LogP) is 4.27. The minimum Gasteiger partial charge on any atom is -0.507 e. The first-order valence-corrected chi connectivity index (χ1v) is 7.74. The maximum atomic E-state index is 12.1. The number of rotatable bonds is 3. The number of aryl methyl sites for hydroxylation is 1. The number of nitrogens with one attached hydrogen (secondary N) is 1. The number of benzene rings is 3. The van der Waals surface area contributed by atoms with E-state index < -0.39 is 5.91 Å². The number of hydrazone groups is 1. The van der Waals surface area contributed by atoms with Gasteiger partial charge in [-0.05, 0) is 41.5 Å². The molecular formula is C19H15ClN2O2. The van der Waals surface area contributed by atoms with Gasteiger partial charge in [0.05, 0.1) is 16.8 Å². The van der Waals surface area contributed by atoms with Crippen LogP contribution in [0.2, 0.25) is 5.02 Å². The van der Waals surface area contributed by atoms with Crippen LogP contribution in [0.15, 0.2) is 59.7 Å². The fourth-order valence-electron chi connectivity index (χ4n) is 2.44. The molecule has 0 atom stereocenters. The van der Waals surface area contributed by atoms with Crippen LogP contribution in [0.5, 0.6) is 5.75 Å². The van der Waals surface area contributed by atoms with E-state index in [1.807, 2.05) is 37.3 Å². The molecule has 1 amide bonds. The van der Waals surface area contributed by atoms with Crippen molar-refractivity contribution in [2.45, 2.75) is 6.92 Å². The van der Waals surface area contributed by atoms with E-state index in [-0.39, 0.29) is 5.75 Å². The molecule has 3 rings (SSSR count). The van der Waals surface area contributed by atoms with E-state index >= 15 is 0 Å². The highest BCUT2D eigenvalue weighted by Gasteiger charge is 2.09. The van der Waals surface area contributed by atoms with Crippen LogP contribution >= 0.6 is 11.6 Å². The fraction of sp³-hybridized carbons (Fsp3) is 0.0526. The summed E-state index contributed by atoms with van der Waals surface area (Å²) in [5.74, 6) is -0.309. The zero-order chi connectivity index (χ0) is 17.1. The van der Waals surface area contributed by atoms with Crippen LogP contribution in [-0.2, 0) is 0 Å². The van der Waals surface area contributed by atoms with Gasteiger partial charge in [-0.3, -0.25) is 4.79 Å². The Labute approximate surface area is 144 Å². The number of amides is 1. The topological polar surface area (TPSA) is 61.7 Å². The van der Waals surface area contributed by atoms with E-state index in [1.54, 1.807) is 24.3 Å². The number of carbonyl (C=O) groups excluding carboxylic acids is 1. The largest absolute Gasteiger partial charge is 0.507 e. The molecule has 0 unspecified atom stereocenters. The number of nitrogens with zero attached hydrogens (tertiary/aromatic N) is 1. The summed E-state index contributed by atoms with van der Waals surface area (Å²) in [7, 11) is 0. The standard InChI is InChI=1S/C19H15ClN2O2/c1-12-6-8-15(17(20)10-12)19(24)22-21-11-16-14-5-3-2-4-13(14)7-9-18(16)23/h2-11,23H,1H3,(H,22,24)/b21-11-. The summed E-state index contributed by atoms with van der Waals surface area (Å²) in [5.41, 5.74) is 4.30. The van der Waals surface area contributed by atoms with Crippen LogP contribution < -0.4 is 5.43 Å². The molecule has 0 heterocycles. The van der Waals surface area contributed by atoms with Gasteiger partial charge in [0.1, 0.15) is 5.75 Å². The van der Waals surface area contributed by atoms with Gasteiger partial charge >= 0.3 is 0 Å². The molecule has 4 nitrogen and oxygen atoms in total. The Hall–Kier alpha value is -2.85. The Kier molecular flexibility index (Phi) is 4.49. The van der Waals surface area contributed by atoms with Gasteiger partial charge in [-0.15, -0.1) is 0 Å². The normalized spacial score (nSPS) is 11.1. The quantitative estimate of drug-likeness (QED) is 0.553. The number of hydrogen-bond acceptors (Lipinski definition) is 3. The van der Waals surface area contributed by atoms with Crippen molar-refractivity contribution < 1.29 is 9.90 Å². The van der Waals surface area contributed by atoms with E-state index in [2.05, 4.69) is 10.5 Å². The molecule has 2 N–H and O–H groups in total. The van der Waals surface area contributed by atoms with Crippen molar-refractivity contribution in [3.05, 3.63) is 76.3 Å². The summed E-state index contributed by atoms with van der Waals surface area (Å²) in [5, 5.41) is 16.2. The van der Waals surface area contributed by atoms with Gasteiger partial charge in [-0.1, -0.05) is 48.0 Å². The molecule has 0 aliphatic heterocycles. The number of halogens is 1. The highest BCUT2D eigenvalue weighted by molar-refractivity contribution is 6.33. The third kappa shape index (κ3) is 3.24. The summed E-state index contributed by atoms with van der Waals surface area (Å²) >= 11 is 6.07. The van der Waals surface area contributed by atoms with Gasteiger partial charge in [0.2, 0.25) is 0 Å². The average molecular weight is 339 g/mol. The van der Waals surface area contributed by atoms with Crippen LogP contribution in [0, 0.1) is 6.92 Å². The molecule has 0 aliphatic carbocycles. The molecule has 3 aromatic carbocycles. The summed E-state index contributed by atoms with van der Waals surface area (Å²) in [6.45, 7) is 1.90. The monoisotopic (exact) mass is 338 g/mol. The van der Waals surface area contributed by atoms with Crippen molar-refractivity contribution in [1.29, 1.82) is 0 Å². The van der Waals surface area contributed by atoms with Gasteiger partial charge in [0, 0.05) is 5.56 Å². The second-order valence-corrected chi connectivity index (χ2v) is 5.81. The molecular weight excluding hydrogens is 324 g/mol. The zero-order valence-electron chi connectivity index (χ0n) is 13.0. The van der Waals surface area contributed by atoms with Crippen LogP contribution in [0.3, 0.4) is 0 Å². The molecule has 120 valence electrons. The SMILES string of the molecule is Cc1ccc(C(=O)N/N=C\c2c(O)ccc3ccccc23)c(Cl)c1. The Balaban J connectivity index is 1.84. The van der Waals surface area contributed by atoms with E-state index in [0.717, 1.165) is 16.3 Å². The van der Waals surface area contributed by atoms with Crippen molar-refractivity contribution in [2.24, 2.45) is 5.10 Å². The van der Waals surface area contributed by atoms with Crippen LogP contribution in [0.1, 0.15) is 21.5 Å². The third-order valence-electron chi connectivity index (χ3n) is 3.68. The second kappa shape index (κ2) is 6.72. The summed E-state index contributed by atoms with van der Waals surface area (Å²) < 4.78 is 0. The minimum absolute atomic E-state index is 0.0973. The number of carbonyl (C=O) groups is 1. The van der Waals surface area contributed by atoms with Crippen LogP contribution in [0.4, 0.5) is 0 Å². The third-order valence-corrected chi connectivity index (χ3v) is 3.99. The lowest BCUT2D eigenvalue weighted by molar-refractivity contribution is 0.0955. The highest BCUT2D eigenvalue weighted by atomic mass is 35.5. The Bertz CT molecular complexity index is 951. The molecule has 0 spiro atoms. The zero-order valence-corrected chi connectivity index (χ0v) is 13.7. The smallest absolute Gasteiger partial charge is 0.272 e. The van der Waals surface area contributed by atoms with E-state index in [9.17, 15) is 9.90 Å². The number of phenolic OH excluding ortho intramolecular Hbond substituents is 1. The van der Waals surface area contributed by atoms with E-state index in [4.69, 9.17) is 11.6 Å². The second-order valence-electron chi connectivity index (χ2n) is 5.40. The van der Waals surface area contributed by atoms with Crippen LogP contribution in [0.25, 0.3) is 10.8 Å². The summed E-state index contributed by atoms with van der Waals surface area (Å²) in [6.07, 6.45) is 1.43. The minimum atomic E-state index is -0.407. The number of fused-ring (bicyclic) bond motifs is 1. The van der Waals surface area contributed by atoms with Crippen molar-refractivity contribution >= 4 is 34.5 Å². The first-order chi connectivity index (χ1) is 11.6. The lowest BCUT2D eigenvalue weighted by atomic mass is 10.0. The molecule has 0 saturated heterocycles. The Morgan fingerprint density at radius 2 is 1.96 bits per heavy atom. The predicted molar refractivity (Wildman–Crippen MR) is 96.9 cm³/mol.